The number of ether oxygens (including phenoxy) is 2. The van der Waals surface area contributed by atoms with Crippen LogP contribution in [0.3, 0.4) is 0 Å². The van der Waals surface area contributed by atoms with E-state index in [4.69, 9.17) is 26.2 Å². The van der Waals surface area contributed by atoms with Gasteiger partial charge in [0.15, 0.2) is 0 Å². The molecular weight excluding hydrogens is 280 g/mol. The van der Waals surface area contributed by atoms with Gasteiger partial charge in [-0.25, -0.2) is 4.79 Å². The van der Waals surface area contributed by atoms with E-state index >= 15 is 0 Å². The van der Waals surface area contributed by atoms with Crippen molar-refractivity contribution in [2.75, 3.05) is 13.2 Å². The lowest BCUT2D eigenvalue weighted by Gasteiger charge is -2.22. The molecule has 1 fully saturated rings. The van der Waals surface area contributed by atoms with Gasteiger partial charge < -0.3 is 14.6 Å². The van der Waals surface area contributed by atoms with Crippen LogP contribution in [0.4, 0.5) is 0 Å². The summed E-state index contributed by atoms with van der Waals surface area (Å²) in [5.41, 5.74) is 0.721. The van der Waals surface area contributed by atoms with Gasteiger partial charge in [-0.05, 0) is 43.0 Å². The monoisotopic (exact) mass is 296 g/mol. The third kappa shape index (κ3) is 4.54. The van der Waals surface area contributed by atoms with Gasteiger partial charge in [0.2, 0.25) is 0 Å². The Kier molecular flexibility index (Phi) is 5.44. The molecule has 1 aromatic rings. The van der Waals surface area contributed by atoms with Crippen molar-refractivity contribution in [2.45, 2.75) is 25.4 Å². The van der Waals surface area contributed by atoms with Crippen molar-refractivity contribution in [1.82, 2.24) is 0 Å². The minimum Gasteiger partial charge on any atom is -0.489 e. The highest BCUT2D eigenvalue weighted by Gasteiger charge is 2.15. The first-order chi connectivity index (χ1) is 9.65. The standard InChI is InChI=1S/C15H17ClO4/c16-13-9-11(5-7-15(17)18)4-6-14(13)20-10-12-3-1-2-8-19-12/h4-7,9,12H,1-3,8,10H2,(H,17,18). The lowest BCUT2D eigenvalue weighted by molar-refractivity contribution is -0.131. The van der Waals surface area contributed by atoms with Gasteiger partial charge in [-0.15, -0.1) is 0 Å². The van der Waals surface area contributed by atoms with Crippen molar-refractivity contribution in [3.8, 4) is 5.75 Å². The summed E-state index contributed by atoms with van der Waals surface area (Å²) >= 11 is 6.12. The van der Waals surface area contributed by atoms with Gasteiger partial charge in [0.1, 0.15) is 12.4 Å². The minimum atomic E-state index is -0.990. The number of aliphatic carboxylic acids is 1. The highest BCUT2D eigenvalue weighted by Crippen LogP contribution is 2.27. The second-order valence-electron chi connectivity index (χ2n) is 4.66. The molecule has 1 atom stereocenters. The van der Waals surface area contributed by atoms with Crippen LogP contribution >= 0.6 is 11.6 Å². The molecule has 5 heteroatoms. The Bertz CT molecular complexity index is 493. The highest BCUT2D eigenvalue weighted by molar-refractivity contribution is 6.32. The molecule has 0 radical (unpaired) electrons. The molecule has 2 rings (SSSR count). The van der Waals surface area contributed by atoms with Gasteiger partial charge in [0, 0.05) is 12.7 Å². The van der Waals surface area contributed by atoms with Crippen molar-refractivity contribution in [2.24, 2.45) is 0 Å². The molecule has 20 heavy (non-hydrogen) atoms. The van der Waals surface area contributed by atoms with Gasteiger partial charge in [0.05, 0.1) is 11.1 Å². The number of hydrogen-bond donors (Lipinski definition) is 1. The summed E-state index contributed by atoms with van der Waals surface area (Å²) in [7, 11) is 0. The molecule has 1 aromatic carbocycles. The predicted octanol–water partition coefficient (Wildman–Crippen LogP) is 3.39. The zero-order chi connectivity index (χ0) is 14.4. The molecule has 0 aromatic heterocycles. The number of carboxylic acids is 1. The molecule has 0 bridgehead atoms. The predicted molar refractivity (Wildman–Crippen MR) is 77.2 cm³/mol. The zero-order valence-corrected chi connectivity index (χ0v) is 11.8. The lowest BCUT2D eigenvalue weighted by atomic mass is 10.1. The second kappa shape index (κ2) is 7.31. The van der Waals surface area contributed by atoms with Crippen LogP contribution in [0.2, 0.25) is 5.02 Å². The topological polar surface area (TPSA) is 55.8 Å². The number of carboxylic acid groups (broad SMARTS) is 1. The lowest BCUT2D eigenvalue weighted by Crippen LogP contribution is -2.25. The highest BCUT2D eigenvalue weighted by atomic mass is 35.5. The Morgan fingerprint density at radius 2 is 2.35 bits per heavy atom. The molecule has 1 unspecified atom stereocenters. The van der Waals surface area contributed by atoms with Crippen LogP contribution in [-0.4, -0.2) is 30.4 Å². The Hall–Kier alpha value is -1.52. The number of halogens is 1. The number of benzene rings is 1. The number of rotatable bonds is 5. The van der Waals surface area contributed by atoms with E-state index in [1.165, 1.54) is 12.5 Å². The van der Waals surface area contributed by atoms with E-state index < -0.39 is 5.97 Å². The number of hydrogen-bond acceptors (Lipinski definition) is 3. The average Bonchev–Trinajstić information content (AvgIpc) is 2.45. The maximum atomic E-state index is 10.4. The summed E-state index contributed by atoms with van der Waals surface area (Å²) in [4.78, 5) is 10.4. The summed E-state index contributed by atoms with van der Waals surface area (Å²) in [5.74, 6) is -0.399. The van der Waals surface area contributed by atoms with E-state index in [2.05, 4.69) is 0 Å². The van der Waals surface area contributed by atoms with E-state index in [1.54, 1.807) is 18.2 Å². The summed E-state index contributed by atoms with van der Waals surface area (Å²) < 4.78 is 11.2. The van der Waals surface area contributed by atoms with E-state index in [0.29, 0.717) is 17.4 Å². The molecule has 1 N–H and O–H groups in total. The van der Waals surface area contributed by atoms with E-state index in [1.807, 2.05) is 0 Å². The number of carbonyl (C=O) groups is 1. The summed E-state index contributed by atoms with van der Waals surface area (Å²) in [6.07, 6.45) is 5.98. The summed E-state index contributed by atoms with van der Waals surface area (Å²) in [6.45, 7) is 1.28. The van der Waals surface area contributed by atoms with Gasteiger partial charge >= 0.3 is 5.97 Å². The molecule has 4 nitrogen and oxygen atoms in total. The maximum Gasteiger partial charge on any atom is 0.328 e. The van der Waals surface area contributed by atoms with Crippen LogP contribution in [0.25, 0.3) is 6.08 Å². The van der Waals surface area contributed by atoms with Crippen molar-refractivity contribution in [3.63, 3.8) is 0 Å². The Morgan fingerprint density at radius 3 is 3.00 bits per heavy atom. The fourth-order valence-electron chi connectivity index (χ4n) is 2.03. The van der Waals surface area contributed by atoms with Gasteiger partial charge in [-0.2, -0.15) is 0 Å². The molecule has 1 aliphatic heterocycles. The molecule has 0 spiro atoms. The first kappa shape index (κ1) is 14.9. The largest absolute Gasteiger partial charge is 0.489 e. The van der Waals surface area contributed by atoms with Crippen molar-refractivity contribution in [3.05, 3.63) is 34.9 Å². The molecular formula is C15H17ClO4. The zero-order valence-electron chi connectivity index (χ0n) is 11.0. The molecule has 0 amide bonds. The molecule has 1 aliphatic rings. The summed E-state index contributed by atoms with van der Waals surface area (Å²) in [6, 6.07) is 5.19. The second-order valence-corrected chi connectivity index (χ2v) is 5.07. The Morgan fingerprint density at radius 1 is 1.50 bits per heavy atom. The van der Waals surface area contributed by atoms with Crippen molar-refractivity contribution < 1.29 is 19.4 Å². The first-order valence-electron chi connectivity index (χ1n) is 6.60. The fourth-order valence-corrected chi connectivity index (χ4v) is 2.27. The molecule has 1 saturated heterocycles. The van der Waals surface area contributed by atoms with Crippen LogP contribution in [0, 0.1) is 0 Å². The molecule has 0 aliphatic carbocycles. The van der Waals surface area contributed by atoms with Crippen LogP contribution in [0.15, 0.2) is 24.3 Å². The van der Waals surface area contributed by atoms with E-state index in [9.17, 15) is 4.79 Å². The fraction of sp³-hybridized carbons (Fsp3) is 0.400. The third-order valence-corrected chi connectivity index (χ3v) is 3.37. The summed E-state index contributed by atoms with van der Waals surface area (Å²) in [5, 5.41) is 9.03. The molecule has 108 valence electrons. The van der Waals surface area contributed by atoms with Crippen LogP contribution in [0.5, 0.6) is 5.75 Å². The SMILES string of the molecule is O=C(O)C=Cc1ccc(OCC2CCCCO2)c(Cl)c1. The maximum absolute atomic E-state index is 10.4. The minimum absolute atomic E-state index is 0.131. The van der Waals surface area contributed by atoms with Gasteiger partial charge in [0.25, 0.3) is 0 Å². The normalized spacial score (nSPS) is 19.1. The van der Waals surface area contributed by atoms with Crippen molar-refractivity contribution in [1.29, 1.82) is 0 Å². The molecule has 0 saturated carbocycles. The Labute approximate surface area is 123 Å². The van der Waals surface area contributed by atoms with Crippen LogP contribution < -0.4 is 4.74 Å². The smallest absolute Gasteiger partial charge is 0.328 e. The van der Waals surface area contributed by atoms with Crippen molar-refractivity contribution >= 4 is 23.6 Å². The van der Waals surface area contributed by atoms with E-state index in [0.717, 1.165) is 31.1 Å². The van der Waals surface area contributed by atoms with Gasteiger partial charge in [-0.3, -0.25) is 0 Å². The quantitative estimate of drug-likeness (QED) is 0.846. The Balaban J connectivity index is 1.93. The van der Waals surface area contributed by atoms with E-state index in [-0.39, 0.29) is 6.10 Å². The van der Waals surface area contributed by atoms with Crippen LogP contribution in [0.1, 0.15) is 24.8 Å². The first-order valence-corrected chi connectivity index (χ1v) is 6.98. The third-order valence-electron chi connectivity index (χ3n) is 3.07. The van der Waals surface area contributed by atoms with Crippen LogP contribution in [-0.2, 0) is 9.53 Å². The van der Waals surface area contributed by atoms with Gasteiger partial charge in [-0.1, -0.05) is 17.7 Å². The molecule has 1 heterocycles. The average molecular weight is 297 g/mol.